The monoisotopic (exact) mass is 219 g/mol. The molecule has 0 aliphatic rings. The van der Waals surface area contributed by atoms with Crippen LogP contribution in [-0.2, 0) is 4.79 Å². The minimum absolute atomic E-state index is 0.146. The number of nitrogens with two attached hydrogens (primary N) is 1. The molecule has 0 saturated carbocycles. The Morgan fingerprint density at radius 1 is 1.50 bits per heavy atom. The highest BCUT2D eigenvalue weighted by atomic mass is 16.1. The van der Waals surface area contributed by atoms with Gasteiger partial charge in [0, 0.05) is 24.0 Å². The molecule has 3 N–H and O–H groups in total. The summed E-state index contributed by atoms with van der Waals surface area (Å²) in [6.45, 7) is 0.740. The maximum atomic E-state index is 11.4. The molecule has 4 nitrogen and oxygen atoms in total. The molecule has 16 heavy (non-hydrogen) atoms. The van der Waals surface area contributed by atoms with Gasteiger partial charge in [-0.15, -0.1) is 0 Å². The lowest BCUT2D eigenvalue weighted by Gasteiger charge is -2.04. The number of benzene rings is 1. The second kappa shape index (κ2) is 5.92. The molecule has 4 heteroatoms. The molecule has 0 aromatic heterocycles. The standard InChI is InChI=1S/C12H17N3O/c1-15(2)8-4-7-12(16)14-11-6-3-5-10(13)9-11/h3-7,9H,8,13H2,1-2H3,(H,14,16). The van der Waals surface area contributed by atoms with E-state index in [1.165, 1.54) is 6.08 Å². The van der Waals surface area contributed by atoms with Crippen LogP contribution < -0.4 is 11.1 Å². The van der Waals surface area contributed by atoms with Crippen LogP contribution in [0.2, 0.25) is 0 Å². The van der Waals surface area contributed by atoms with Crippen molar-refractivity contribution in [2.45, 2.75) is 0 Å². The van der Waals surface area contributed by atoms with Gasteiger partial charge in [0.2, 0.25) is 5.91 Å². The van der Waals surface area contributed by atoms with E-state index in [0.29, 0.717) is 11.4 Å². The molecule has 1 aromatic rings. The minimum atomic E-state index is -0.146. The fraction of sp³-hybridized carbons (Fsp3) is 0.250. The number of nitrogens with one attached hydrogen (secondary N) is 1. The number of anilines is 2. The maximum Gasteiger partial charge on any atom is 0.248 e. The van der Waals surface area contributed by atoms with Crippen molar-refractivity contribution < 1.29 is 4.79 Å². The topological polar surface area (TPSA) is 58.4 Å². The van der Waals surface area contributed by atoms with Crippen LogP contribution in [0.4, 0.5) is 11.4 Å². The number of likely N-dealkylation sites (N-methyl/N-ethyl adjacent to an activating group) is 1. The number of rotatable bonds is 4. The predicted octanol–water partition coefficient (Wildman–Crippen LogP) is 1.33. The summed E-state index contributed by atoms with van der Waals surface area (Å²) in [5.41, 5.74) is 6.94. The van der Waals surface area contributed by atoms with E-state index in [1.54, 1.807) is 24.3 Å². The molecule has 0 atom stereocenters. The van der Waals surface area contributed by atoms with Gasteiger partial charge in [0.05, 0.1) is 0 Å². The Morgan fingerprint density at radius 2 is 2.25 bits per heavy atom. The predicted molar refractivity (Wildman–Crippen MR) is 67.2 cm³/mol. The molecular weight excluding hydrogens is 202 g/mol. The molecule has 0 bridgehead atoms. The summed E-state index contributed by atoms with van der Waals surface area (Å²) in [7, 11) is 3.89. The van der Waals surface area contributed by atoms with Gasteiger partial charge in [-0.1, -0.05) is 12.1 Å². The zero-order valence-corrected chi connectivity index (χ0v) is 9.60. The number of amides is 1. The summed E-state index contributed by atoms with van der Waals surface area (Å²) in [6, 6.07) is 7.09. The third-order valence-electron chi connectivity index (χ3n) is 1.89. The van der Waals surface area contributed by atoms with Gasteiger partial charge in [-0.25, -0.2) is 0 Å². The van der Waals surface area contributed by atoms with Crippen LogP contribution >= 0.6 is 0 Å². The normalized spacial score (nSPS) is 10.9. The Bertz CT molecular complexity index is 386. The zero-order chi connectivity index (χ0) is 12.0. The number of nitrogen functional groups attached to an aromatic ring is 1. The molecule has 1 aromatic carbocycles. The van der Waals surface area contributed by atoms with Crippen LogP contribution in [0.5, 0.6) is 0 Å². The van der Waals surface area contributed by atoms with E-state index in [2.05, 4.69) is 5.32 Å². The lowest BCUT2D eigenvalue weighted by molar-refractivity contribution is -0.111. The van der Waals surface area contributed by atoms with Crippen LogP contribution in [0.1, 0.15) is 0 Å². The van der Waals surface area contributed by atoms with Gasteiger partial charge in [-0.05, 0) is 32.3 Å². The van der Waals surface area contributed by atoms with Crippen molar-refractivity contribution >= 4 is 17.3 Å². The lowest BCUT2D eigenvalue weighted by Crippen LogP contribution is -2.12. The van der Waals surface area contributed by atoms with E-state index in [9.17, 15) is 4.79 Å². The van der Waals surface area contributed by atoms with E-state index in [0.717, 1.165) is 6.54 Å². The van der Waals surface area contributed by atoms with Gasteiger partial charge in [0.1, 0.15) is 0 Å². The Morgan fingerprint density at radius 3 is 2.88 bits per heavy atom. The van der Waals surface area contributed by atoms with Crippen molar-refractivity contribution in [2.75, 3.05) is 31.7 Å². The van der Waals surface area contributed by atoms with E-state index >= 15 is 0 Å². The van der Waals surface area contributed by atoms with Gasteiger partial charge < -0.3 is 16.0 Å². The lowest BCUT2D eigenvalue weighted by atomic mass is 10.3. The molecule has 0 unspecified atom stereocenters. The number of nitrogens with zero attached hydrogens (tertiary/aromatic N) is 1. The summed E-state index contributed by atoms with van der Waals surface area (Å²) in [5, 5.41) is 2.73. The first-order valence-electron chi connectivity index (χ1n) is 5.06. The Balaban J connectivity index is 2.48. The Labute approximate surface area is 95.7 Å². The van der Waals surface area contributed by atoms with E-state index in [4.69, 9.17) is 5.73 Å². The van der Waals surface area contributed by atoms with Crippen molar-refractivity contribution in [3.8, 4) is 0 Å². The molecule has 0 heterocycles. The summed E-state index contributed by atoms with van der Waals surface area (Å²) < 4.78 is 0. The van der Waals surface area contributed by atoms with Gasteiger partial charge in [0.25, 0.3) is 0 Å². The average Bonchev–Trinajstić information content (AvgIpc) is 2.16. The molecule has 0 spiro atoms. The highest BCUT2D eigenvalue weighted by Gasteiger charge is 1.97. The molecule has 0 fully saturated rings. The molecule has 1 amide bonds. The molecule has 0 radical (unpaired) electrons. The second-order valence-corrected chi connectivity index (χ2v) is 3.78. The van der Waals surface area contributed by atoms with E-state index < -0.39 is 0 Å². The average molecular weight is 219 g/mol. The summed E-state index contributed by atoms with van der Waals surface area (Å²) in [4.78, 5) is 13.4. The van der Waals surface area contributed by atoms with Crippen LogP contribution in [-0.4, -0.2) is 31.4 Å². The number of hydrogen-bond acceptors (Lipinski definition) is 3. The fourth-order valence-corrected chi connectivity index (χ4v) is 1.17. The molecule has 0 saturated heterocycles. The van der Waals surface area contributed by atoms with Gasteiger partial charge in [-0.2, -0.15) is 0 Å². The molecular formula is C12H17N3O. The van der Waals surface area contributed by atoms with Gasteiger partial charge in [-0.3, -0.25) is 4.79 Å². The SMILES string of the molecule is CN(C)CC=CC(=O)Nc1cccc(N)c1. The van der Waals surface area contributed by atoms with Crippen LogP contribution in [0.15, 0.2) is 36.4 Å². The van der Waals surface area contributed by atoms with Gasteiger partial charge in [0.15, 0.2) is 0 Å². The minimum Gasteiger partial charge on any atom is -0.399 e. The van der Waals surface area contributed by atoms with Crippen LogP contribution in [0.3, 0.4) is 0 Å². The smallest absolute Gasteiger partial charge is 0.248 e. The second-order valence-electron chi connectivity index (χ2n) is 3.78. The number of carbonyl (C=O) groups is 1. The quantitative estimate of drug-likeness (QED) is 0.593. The summed E-state index contributed by atoms with van der Waals surface area (Å²) >= 11 is 0. The highest BCUT2D eigenvalue weighted by molar-refractivity contribution is 5.99. The van der Waals surface area contributed by atoms with Crippen molar-refractivity contribution in [3.05, 3.63) is 36.4 Å². The molecule has 86 valence electrons. The molecule has 0 aliphatic carbocycles. The third-order valence-corrected chi connectivity index (χ3v) is 1.89. The zero-order valence-electron chi connectivity index (χ0n) is 9.60. The maximum absolute atomic E-state index is 11.4. The molecule has 1 rings (SSSR count). The van der Waals surface area contributed by atoms with Gasteiger partial charge >= 0.3 is 0 Å². The Hall–Kier alpha value is -1.81. The highest BCUT2D eigenvalue weighted by Crippen LogP contribution is 2.11. The van der Waals surface area contributed by atoms with E-state index in [1.807, 2.05) is 25.1 Å². The fourth-order valence-electron chi connectivity index (χ4n) is 1.17. The Kier molecular flexibility index (Phi) is 4.54. The summed E-state index contributed by atoms with van der Waals surface area (Å²) in [5.74, 6) is -0.146. The van der Waals surface area contributed by atoms with Crippen molar-refractivity contribution in [2.24, 2.45) is 0 Å². The van der Waals surface area contributed by atoms with Crippen molar-refractivity contribution in [1.29, 1.82) is 0 Å². The molecule has 0 aliphatic heterocycles. The van der Waals surface area contributed by atoms with Crippen LogP contribution in [0, 0.1) is 0 Å². The van der Waals surface area contributed by atoms with E-state index in [-0.39, 0.29) is 5.91 Å². The number of hydrogen-bond donors (Lipinski definition) is 2. The summed E-state index contributed by atoms with van der Waals surface area (Å²) in [6.07, 6.45) is 3.32. The van der Waals surface area contributed by atoms with Crippen molar-refractivity contribution in [3.63, 3.8) is 0 Å². The first-order valence-corrected chi connectivity index (χ1v) is 5.06. The van der Waals surface area contributed by atoms with Crippen molar-refractivity contribution in [1.82, 2.24) is 4.90 Å². The first-order chi connectivity index (χ1) is 7.58. The number of carbonyl (C=O) groups excluding carboxylic acids is 1. The third kappa shape index (κ3) is 4.61. The van der Waals surface area contributed by atoms with Crippen LogP contribution in [0.25, 0.3) is 0 Å². The largest absolute Gasteiger partial charge is 0.399 e. The first kappa shape index (κ1) is 12.3.